The molecule has 0 spiro atoms. The average Bonchev–Trinajstić information content (AvgIpc) is 2.88. The second kappa shape index (κ2) is 10.7. The smallest absolute Gasteiger partial charge is 0.389 e. The molecule has 1 aliphatic heterocycles. The van der Waals surface area contributed by atoms with E-state index in [2.05, 4.69) is 0 Å². The minimum Gasteiger partial charge on any atom is -0.497 e. The number of carbonyl (C=O) groups excluding carboxylic acids is 2. The molecule has 0 aromatic heterocycles. The first-order chi connectivity index (χ1) is 14.5. The summed E-state index contributed by atoms with van der Waals surface area (Å²) in [6.07, 6.45) is -6.91. The van der Waals surface area contributed by atoms with E-state index in [1.807, 2.05) is 13.8 Å². The Morgan fingerprint density at radius 2 is 1.74 bits per heavy atom. The average molecular weight is 446 g/mol. The highest BCUT2D eigenvalue weighted by Crippen LogP contribution is 2.25. The molecule has 1 aliphatic rings. The molecule has 2 rings (SSSR count). The first-order valence-corrected chi connectivity index (χ1v) is 10.00. The third kappa shape index (κ3) is 7.61. The summed E-state index contributed by atoms with van der Waals surface area (Å²) in [5, 5.41) is 0. The van der Waals surface area contributed by atoms with E-state index < -0.39 is 31.0 Å². The van der Waals surface area contributed by atoms with Gasteiger partial charge in [-0.05, 0) is 31.5 Å². The maximum absolute atomic E-state index is 12.6. The van der Waals surface area contributed by atoms with Crippen molar-refractivity contribution in [3.63, 3.8) is 0 Å². The van der Waals surface area contributed by atoms with Crippen LogP contribution in [-0.2, 0) is 20.9 Å². The maximum atomic E-state index is 12.6. The quantitative estimate of drug-likeness (QED) is 0.614. The lowest BCUT2D eigenvalue weighted by molar-refractivity contribution is -0.150. The molecule has 0 saturated carbocycles. The zero-order chi connectivity index (χ0) is 23.2. The molecular formula is C21H29F3N2O5. The fourth-order valence-electron chi connectivity index (χ4n) is 3.31. The van der Waals surface area contributed by atoms with Crippen molar-refractivity contribution >= 4 is 11.8 Å². The van der Waals surface area contributed by atoms with Crippen LogP contribution in [0.15, 0.2) is 18.2 Å². The largest absolute Gasteiger partial charge is 0.497 e. The van der Waals surface area contributed by atoms with Crippen LogP contribution in [-0.4, -0.2) is 73.8 Å². The van der Waals surface area contributed by atoms with Crippen molar-refractivity contribution in [1.82, 2.24) is 9.80 Å². The van der Waals surface area contributed by atoms with Gasteiger partial charge in [0.1, 0.15) is 11.5 Å². The molecule has 7 nitrogen and oxygen atoms in total. The zero-order valence-corrected chi connectivity index (χ0v) is 18.2. The zero-order valence-electron chi connectivity index (χ0n) is 18.2. The van der Waals surface area contributed by atoms with Gasteiger partial charge in [0.05, 0.1) is 39.9 Å². The Hall–Kier alpha value is -2.49. The maximum Gasteiger partial charge on any atom is 0.389 e. The normalized spacial score (nSPS) is 17.7. The highest BCUT2D eigenvalue weighted by atomic mass is 19.4. The number of amides is 2. The second-order valence-electron chi connectivity index (χ2n) is 7.68. The third-order valence-electron chi connectivity index (χ3n) is 4.97. The van der Waals surface area contributed by atoms with Crippen LogP contribution in [0.5, 0.6) is 11.5 Å². The van der Waals surface area contributed by atoms with Gasteiger partial charge in [-0.1, -0.05) is 0 Å². The van der Waals surface area contributed by atoms with Crippen LogP contribution in [0.4, 0.5) is 13.2 Å². The van der Waals surface area contributed by atoms with Gasteiger partial charge in [-0.2, -0.15) is 13.2 Å². The van der Waals surface area contributed by atoms with Gasteiger partial charge < -0.3 is 24.0 Å². The van der Waals surface area contributed by atoms with Gasteiger partial charge in [0.15, 0.2) is 0 Å². The molecular weight excluding hydrogens is 417 g/mol. The van der Waals surface area contributed by atoms with E-state index in [9.17, 15) is 22.8 Å². The summed E-state index contributed by atoms with van der Waals surface area (Å²) in [4.78, 5) is 27.7. The van der Waals surface area contributed by atoms with Crippen LogP contribution in [0.3, 0.4) is 0 Å². The van der Waals surface area contributed by atoms with Gasteiger partial charge in [0, 0.05) is 31.6 Å². The van der Waals surface area contributed by atoms with E-state index in [1.54, 1.807) is 23.1 Å². The molecule has 1 heterocycles. The molecule has 1 saturated heterocycles. The molecule has 0 N–H and O–H groups in total. The van der Waals surface area contributed by atoms with Crippen LogP contribution < -0.4 is 9.47 Å². The monoisotopic (exact) mass is 446 g/mol. The topological polar surface area (TPSA) is 68.3 Å². The lowest BCUT2D eigenvalue weighted by atomic mass is 10.2. The van der Waals surface area contributed by atoms with Crippen LogP contribution in [0.1, 0.15) is 32.3 Å². The number of hydrogen-bond donors (Lipinski definition) is 0. The third-order valence-corrected chi connectivity index (χ3v) is 4.97. The van der Waals surface area contributed by atoms with E-state index in [0.717, 1.165) is 10.5 Å². The molecule has 0 bridgehead atoms. The summed E-state index contributed by atoms with van der Waals surface area (Å²) in [6.45, 7) is 3.84. The van der Waals surface area contributed by atoms with E-state index in [0.29, 0.717) is 11.5 Å². The van der Waals surface area contributed by atoms with Crippen molar-refractivity contribution in [2.75, 3.05) is 33.9 Å². The van der Waals surface area contributed by atoms with Crippen molar-refractivity contribution in [1.29, 1.82) is 0 Å². The number of benzene rings is 1. The van der Waals surface area contributed by atoms with Crippen molar-refractivity contribution in [2.45, 2.75) is 51.6 Å². The number of carbonyl (C=O) groups is 2. The predicted molar refractivity (Wildman–Crippen MR) is 107 cm³/mol. The summed E-state index contributed by atoms with van der Waals surface area (Å²) in [5.41, 5.74) is 0.762. The Bertz CT molecular complexity index is 748. The Morgan fingerprint density at radius 1 is 1.13 bits per heavy atom. The molecule has 1 fully saturated rings. The lowest BCUT2D eigenvalue weighted by Gasteiger charge is -2.27. The van der Waals surface area contributed by atoms with Crippen LogP contribution in [0.2, 0.25) is 0 Å². The Labute approximate surface area is 180 Å². The minimum absolute atomic E-state index is 0.0345. The number of ether oxygens (including phenoxy) is 3. The lowest BCUT2D eigenvalue weighted by Crippen LogP contribution is -2.42. The van der Waals surface area contributed by atoms with Gasteiger partial charge in [0.25, 0.3) is 0 Å². The van der Waals surface area contributed by atoms with Gasteiger partial charge in [-0.3, -0.25) is 9.59 Å². The molecule has 0 aliphatic carbocycles. The van der Waals surface area contributed by atoms with Crippen LogP contribution in [0, 0.1) is 0 Å². The highest BCUT2D eigenvalue weighted by Gasteiger charge is 2.34. The number of halogens is 3. The van der Waals surface area contributed by atoms with Crippen LogP contribution in [0.25, 0.3) is 0 Å². The molecule has 0 radical (unpaired) electrons. The number of hydrogen-bond acceptors (Lipinski definition) is 5. The summed E-state index contributed by atoms with van der Waals surface area (Å²) in [5.74, 6) is 0.140. The molecule has 0 unspecified atom stereocenters. The minimum atomic E-state index is -4.43. The molecule has 10 heteroatoms. The molecule has 1 atom stereocenters. The number of alkyl halides is 3. The van der Waals surface area contributed by atoms with Gasteiger partial charge in [0.2, 0.25) is 11.8 Å². The fraction of sp³-hybridized carbons (Fsp3) is 0.619. The Balaban J connectivity index is 2.13. The molecule has 1 aromatic carbocycles. The first-order valence-electron chi connectivity index (χ1n) is 10.00. The molecule has 31 heavy (non-hydrogen) atoms. The summed E-state index contributed by atoms with van der Waals surface area (Å²) < 4.78 is 54.0. The van der Waals surface area contributed by atoms with Crippen molar-refractivity contribution in [3.05, 3.63) is 23.8 Å². The first kappa shape index (κ1) is 24.8. The van der Waals surface area contributed by atoms with Gasteiger partial charge in [-0.25, -0.2) is 0 Å². The van der Waals surface area contributed by atoms with Gasteiger partial charge in [-0.15, -0.1) is 0 Å². The second-order valence-corrected chi connectivity index (χ2v) is 7.68. The Morgan fingerprint density at radius 3 is 2.26 bits per heavy atom. The van der Waals surface area contributed by atoms with Crippen LogP contribution >= 0.6 is 0 Å². The van der Waals surface area contributed by atoms with E-state index in [1.165, 1.54) is 14.2 Å². The number of rotatable bonds is 8. The van der Waals surface area contributed by atoms with Gasteiger partial charge >= 0.3 is 6.18 Å². The highest BCUT2D eigenvalue weighted by molar-refractivity contribution is 5.85. The number of methoxy groups -OCH3 is 2. The number of nitrogens with zero attached hydrogens (tertiary/aromatic N) is 2. The van der Waals surface area contributed by atoms with Crippen molar-refractivity contribution in [2.24, 2.45) is 0 Å². The predicted octanol–water partition coefficient (Wildman–Crippen LogP) is 3.01. The summed E-state index contributed by atoms with van der Waals surface area (Å²) in [6, 6.07) is 5.13. The van der Waals surface area contributed by atoms with Crippen molar-refractivity contribution < 1.29 is 37.0 Å². The molecule has 1 aromatic rings. The fourth-order valence-corrected chi connectivity index (χ4v) is 3.31. The van der Waals surface area contributed by atoms with E-state index in [4.69, 9.17) is 14.2 Å². The summed E-state index contributed by atoms with van der Waals surface area (Å²) >= 11 is 0. The SMILES string of the molecule is COc1cc(CO[C@H]2CN(C(=O)CCC(F)(F)F)CC(=O)N(C(C)C)C2)cc(OC)c1. The molecule has 174 valence electrons. The van der Waals surface area contributed by atoms with Crippen molar-refractivity contribution in [3.8, 4) is 11.5 Å². The van der Waals surface area contributed by atoms with E-state index in [-0.39, 0.29) is 38.2 Å². The standard InChI is InChI=1S/C21H29F3N2O5/c1-14(2)26-11-18(31-13-15-7-16(29-3)9-17(8-15)30-4)10-25(12-20(26)28)19(27)5-6-21(22,23)24/h7-9,14,18H,5-6,10-13H2,1-4H3/t18-/m0/s1. The molecule has 2 amide bonds. The van der Waals surface area contributed by atoms with E-state index >= 15 is 0 Å². The summed E-state index contributed by atoms with van der Waals surface area (Å²) in [7, 11) is 3.06. The Kier molecular flexibility index (Phi) is 8.55.